The summed E-state index contributed by atoms with van der Waals surface area (Å²) in [5, 5.41) is 6.51. The van der Waals surface area contributed by atoms with Crippen molar-refractivity contribution >= 4 is 6.03 Å². The second-order valence-electron chi connectivity index (χ2n) is 4.83. The summed E-state index contributed by atoms with van der Waals surface area (Å²) in [4.78, 5) is 15.0. The zero-order chi connectivity index (χ0) is 12.5. The van der Waals surface area contributed by atoms with Gasteiger partial charge in [0.05, 0.1) is 6.10 Å². The average Bonchev–Trinajstić information content (AvgIpc) is 2.92. The summed E-state index contributed by atoms with van der Waals surface area (Å²) in [5.74, 6) is 1.81. The molecule has 1 aromatic heterocycles. The van der Waals surface area contributed by atoms with Crippen LogP contribution < -0.4 is 11.1 Å². The van der Waals surface area contributed by atoms with Gasteiger partial charge in [0, 0.05) is 12.5 Å². The SMILES string of the molecule is NC(=O)NCC1CCC(c2noc(C3CC3)n2)O1. The lowest BCUT2D eigenvalue weighted by Crippen LogP contribution is -2.35. The number of ether oxygens (including phenoxy) is 1. The van der Waals surface area contributed by atoms with Crippen molar-refractivity contribution < 1.29 is 14.1 Å². The molecule has 98 valence electrons. The quantitative estimate of drug-likeness (QED) is 0.826. The molecule has 7 nitrogen and oxygen atoms in total. The van der Waals surface area contributed by atoms with E-state index in [-0.39, 0.29) is 12.2 Å². The van der Waals surface area contributed by atoms with Gasteiger partial charge in [-0.05, 0) is 25.7 Å². The molecular weight excluding hydrogens is 236 g/mol. The highest BCUT2D eigenvalue weighted by molar-refractivity contribution is 5.71. The number of rotatable bonds is 4. The van der Waals surface area contributed by atoms with Crippen LogP contribution in [0.3, 0.4) is 0 Å². The first-order valence-electron chi connectivity index (χ1n) is 6.24. The molecule has 2 heterocycles. The van der Waals surface area contributed by atoms with Crippen LogP contribution in [-0.4, -0.2) is 28.8 Å². The summed E-state index contributed by atoms with van der Waals surface area (Å²) in [5.41, 5.74) is 5.01. The molecule has 3 rings (SSSR count). The number of urea groups is 1. The molecular formula is C11H16N4O3. The lowest BCUT2D eigenvalue weighted by atomic mass is 10.2. The number of carbonyl (C=O) groups excluding carboxylic acids is 1. The number of primary amides is 1. The van der Waals surface area contributed by atoms with Crippen molar-refractivity contribution in [3.63, 3.8) is 0 Å². The number of carbonyl (C=O) groups is 1. The van der Waals surface area contributed by atoms with Crippen molar-refractivity contribution in [3.8, 4) is 0 Å². The van der Waals surface area contributed by atoms with E-state index in [4.69, 9.17) is 15.0 Å². The van der Waals surface area contributed by atoms with E-state index in [0.29, 0.717) is 18.3 Å². The maximum absolute atomic E-state index is 10.6. The fraction of sp³-hybridized carbons (Fsp3) is 0.727. The second kappa shape index (κ2) is 4.56. The third-order valence-corrected chi connectivity index (χ3v) is 3.28. The molecule has 2 atom stereocenters. The standard InChI is InChI=1S/C11H16N4O3/c12-11(16)13-5-7-3-4-8(17-7)9-14-10(18-15-9)6-1-2-6/h6-8H,1-5H2,(H3,12,13,16). The van der Waals surface area contributed by atoms with E-state index in [1.807, 2.05) is 0 Å². The van der Waals surface area contributed by atoms with Crippen LogP contribution in [0.5, 0.6) is 0 Å². The Hall–Kier alpha value is -1.63. The Labute approximate surface area is 104 Å². The zero-order valence-electron chi connectivity index (χ0n) is 9.96. The van der Waals surface area contributed by atoms with E-state index >= 15 is 0 Å². The molecule has 7 heteroatoms. The molecule has 0 bridgehead atoms. The van der Waals surface area contributed by atoms with Crippen LogP contribution >= 0.6 is 0 Å². The number of aromatic nitrogens is 2. The molecule has 1 aliphatic heterocycles. The van der Waals surface area contributed by atoms with Crippen molar-refractivity contribution in [2.75, 3.05) is 6.54 Å². The Morgan fingerprint density at radius 3 is 2.94 bits per heavy atom. The van der Waals surface area contributed by atoms with Crippen LogP contribution in [-0.2, 0) is 4.74 Å². The summed E-state index contributed by atoms with van der Waals surface area (Å²) in [6, 6.07) is -0.530. The van der Waals surface area contributed by atoms with Crippen molar-refractivity contribution in [2.24, 2.45) is 5.73 Å². The van der Waals surface area contributed by atoms with E-state index in [0.717, 1.165) is 31.6 Å². The lowest BCUT2D eigenvalue weighted by Gasteiger charge is -2.11. The number of amides is 2. The molecule has 1 saturated carbocycles. The van der Waals surface area contributed by atoms with E-state index in [1.54, 1.807) is 0 Å². The highest BCUT2D eigenvalue weighted by Gasteiger charge is 2.34. The molecule has 1 aromatic rings. The minimum Gasteiger partial charge on any atom is -0.365 e. The smallest absolute Gasteiger partial charge is 0.312 e. The van der Waals surface area contributed by atoms with Gasteiger partial charge in [-0.15, -0.1) is 0 Å². The molecule has 2 aliphatic rings. The fourth-order valence-corrected chi connectivity index (χ4v) is 2.13. The maximum atomic E-state index is 10.6. The lowest BCUT2D eigenvalue weighted by molar-refractivity contribution is 0.0402. The summed E-state index contributed by atoms with van der Waals surface area (Å²) in [6.45, 7) is 0.430. The number of hydrogen-bond donors (Lipinski definition) is 2. The Balaban J connectivity index is 1.55. The van der Waals surface area contributed by atoms with Gasteiger partial charge in [-0.1, -0.05) is 5.16 Å². The first-order valence-corrected chi connectivity index (χ1v) is 6.24. The van der Waals surface area contributed by atoms with Crippen LogP contribution in [0.25, 0.3) is 0 Å². The van der Waals surface area contributed by atoms with Crippen molar-refractivity contribution in [1.82, 2.24) is 15.5 Å². The first kappa shape index (κ1) is 11.5. The molecule has 2 fully saturated rings. The van der Waals surface area contributed by atoms with Crippen LogP contribution in [0.15, 0.2) is 4.52 Å². The molecule has 0 aromatic carbocycles. The van der Waals surface area contributed by atoms with Gasteiger partial charge in [0.2, 0.25) is 11.7 Å². The highest BCUT2D eigenvalue weighted by Crippen LogP contribution is 2.40. The van der Waals surface area contributed by atoms with Gasteiger partial charge in [0.15, 0.2) is 0 Å². The van der Waals surface area contributed by atoms with E-state index in [2.05, 4.69) is 15.5 Å². The summed E-state index contributed by atoms with van der Waals surface area (Å²) in [7, 11) is 0. The van der Waals surface area contributed by atoms with E-state index in [1.165, 1.54) is 0 Å². The Kier molecular flexibility index (Phi) is 2.91. The van der Waals surface area contributed by atoms with Crippen molar-refractivity contribution in [3.05, 3.63) is 11.7 Å². The Morgan fingerprint density at radius 1 is 1.39 bits per heavy atom. The van der Waals surface area contributed by atoms with Crippen LogP contribution in [0.1, 0.15) is 49.4 Å². The number of nitrogens with one attached hydrogen (secondary N) is 1. The average molecular weight is 252 g/mol. The van der Waals surface area contributed by atoms with Gasteiger partial charge in [-0.2, -0.15) is 4.98 Å². The molecule has 2 unspecified atom stereocenters. The molecule has 3 N–H and O–H groups in total. The van der Waals surface area contributed by atoms with Gasteiger partial charge in [-0.25, -0.2) is 4.79 Å². The van der Waals surface area contributed by atoms with E-state index in [9.17, 15) is 4.79 Å². The molecule has 18 heavy (non-hydrogen) atoms. The molecule has 0 radical (unpaired) electrons. The monoisotopic (exact) mass is 252 g/mol. The number of nitrogens with two attached hydrogens (primary N) is 1. The normalized spacial score (nSPS) is 27.3. The molecule has 2 amide bonds. The largest absolute Gasteiger partial charge is 0.365 e. The van der Waals surface area contributed by atoms with Gasteiger partial charge in [0.1, 0.15) is 6.10 Å². The number of nitrogens with zero attached hydrogens (tertiary/aromatic N) is 2. The first-order chi connectivity index (χ1) is 8.72. The fourth-order valence-electron chi connectivity index (χ4n) is 2.13. The minimum absolute atomic E-state index is 0.0228. The van der Waals surface area contributed by atoms with Crippen LogP contribution in [0.4, 0.5) is 4.79 Å². The molecule has 1 saturated heterocycles. The molecule has 1 aliphatic carbocycles. The summed E-state index contributed by atoms with van der Waals surface area (Å²) in [6.07, 6.45) is 3.83. The third kappa shape index (κ3) is 2.45. The second-order valence-corrected chi connectivity index (χ2v) is 4.83. The summed E-state index contributed by atoms with van der Waals surface area (Å²) < 4.78 is 11.0. The highest BCUT2D eigenvalue weighted by atomic mass is 16.5. The van der Waals surface area contributed by atoms with Crippen molar-refractivity contribution in [1.29, 1.82) is 0 Å². The summed E-state index contributed by atoms with van der Waals surface area (Å²) >= 11 is 0. The topological polar surface area (TPSA) is 103 Å². The zero-order valence-corrected chi connectivity index (χ0v) is 9.96. The van der Waals surface area contributed by atoms with Crippen LogP contribution in [0, 0.1) is 0 Å². The number of hydrogen-bond acceptors (Lipinski definition) is 5. The predicted molar refractivity (Wildman–Crippen MR) is 60.7 cm³/mol. The van der Waals surface area contributed by atoms with Crippen molar-refractivity contribution in [2.45, 2.75) is 43.8 Å². The third-order valence-electron chi connectivity index (χ3n) is 3.28. The van der Waals surface area contributed by atoms with Gasteiger partial charge >= 0.3 is 6.03 Å². The van der Waals surface area contributed by atoms with E-state index < -0.39 is 6.03 Å². The minimum atomic E-state index is -0.530. The predicted octanol–water partition coefficient (Wildman–Crippen LogP) is 0.835. The van der Waals surface area contributed by atoms with Crippen LogP contribution in [0.2, 0.25) is 0 Å². The Bertz CT molecular complexity index is 443. The maximum Gasteiger partial charge on any atom is 0.312 e. The van der Waals surface area contributed by atoms with Gasteiger partial charge in [-0.3, -0.25) is 0 Å². The molecule has 0 spiro atoms. The van der Waals surface area contributed by atoms with Gasteiger partial charge in [0.25, 0.3) is 0 Å². The Morgan fingerprint density at radius 2 is 2.22 bits per heavy atom. The van der Waals surface area contributed by atoms with Gasteiger partial charge < -0.3 is 20.3 Å².